The Bertz CT molecular complexity index is 511. The number of benzene rings is 1. The van der Waals surface area contributed by atoms with Gasteiger partial charge in [0.15, 0.2) is 0 Å². The molecule has 0 aromatic heterocycles. The van der Waals surface area contributed by atoms with E-state index in [0.29, 0.717) is 0 Å². The molecule has 3 atom stereocenters. The van der Waals surface area contributed by atoms with Crippen LogP contribution in [0.1, 0.15) is 31.7 Å². The molecular formula is C16H22N2O2. The van der Waals surface area contributed by atoms with Crippen LogP contribution in [-0.2, 0) is 10.2 Å². The minimum atomic E-state index is -0.00230. The van der Waals surface area contributed by atoms with E-state index in [1.807, 2.05) is 18.2 Å². The standard InChI is InChI=1S/C16H22N2O2/c1-16(11-6-3-4-8-13(11)20-2)10-14(16)18-15(19)12-7-5-9-17-12/h3-4,6,8,12,14,17H,5,7,9-10H2,1-2H3,(H,18,19). The SMILES string of the molecule is COc1ccccc1C1(C)CC1NC(=O)C1CCCN1. The summed E-state index contributed by atoms with van der Waals surface area (Å²) in [6, 6.07) is 8.30. The molecule has 0 bridgehead atoms. The van der Waals surface area contributed by atoms with E-state index in [1.165, 1.54) is 5.56 Å². The maximum atomic E-state index is 12.2. The van der Waals surface area contributed by atoms with Gasteiger partial charge in [0.25, 0.3) is 0 Å². The van der Waals surface area contributed by atoms with E-state index in [1.54, 1.807) is 7.11 Å². The third-order valence-corrected chi connectivity index (χ3v) is 4.65. The van der Waals surface area contributed by atoms with Crippen molar-refractivity contribution in [3.63, 3.8) is 0 Å². The Morgan fingerprint density at radius 2 is 2.25 bits per heavy atom. The lowest BCUT2D eigenvalue weighted by molar-refractivity contribution is -0.123. The second-order valence-electron chi connectivity index (χ2n) is 6.03. The Hall–Kier alpha value is -1.55. The third-order valence-electron chi connectivity index (χ3n) is 4.65. The number of para-hydroxylation sites is 1. The van der Waals surface area contributed by atoms with E-state index >= 15 is 0 Å². The molecule has 1 aliphatic heterocycles. The first kappa shape index (κ1) is 13.4. The number of amides is 1. The van der Waals surface area contributed by atoms with Crippen LogP contribution in [0.5, 0.6) is 5.75 Å². The quantitative estimate of drug-likeness (QED) is 0.876. The lowest BCUT2D eigenvalue weighted by Crippen LogP contribution is -2.42. The van der Waals surface area contributed by atoms with Crippen LogP contribution in [0, 0.1) is 0 Å². The van der Waals surface area contributed by atoms with Crippen LogP contribution in [-0.4, -0.2) is 31.6 Å². The summed E-state index contributed by atoms with van der Waals surface area (Å²) in [5.41, 5.74) is 1.19. The van der Waals surface area contributed by atoms with Crippen molar-refractivity contribution in [1.82, 2.24) is 10.6 Å². The lowest BCUT2D eigenvalue weighted by atomic mass is 9.96. The van der Waals surface area contributed by atoms with Crippen LogP contribution < -0.4 is 15.4 Å². The molecular weight excluding hydrogens is 252 g/mol. The molecule has 2 fully saturated rings. The second-order valence-corrected chi connectivity index (χ2v) is 6.03. The van der Waals surface area contributed by atoms with Gasteiger partial charge in [-0.1, -0.05) is 25.1 Å². The molecule has 20 heavy (non-hydrogen) atoms. The summed E-state index contributed by atoms with van der Waals surface area (Å²) in [5, 5.41) is 6.42. The predicted molar refractivity (Wildman–Crippen MR) is 77.9 cm³/mol. The van der Waals surface area contributed by atoms with Crippen molar-refractivity contribution < 1.29 is 9.53 Å². The molecule has 1 heterocycles. The van der Waals surface area contributed by atoms with Crippen LogP contribution in [0.15, 0.2) is 24.3 Å². The van der Waals surface area contributed by atoms with Gasteiger partial charge in [0.05, 0.1) is 13.2 Å². The predicted octanol–water partition coefficient (Wildman–Crippen LogP) is 1.59. The van der Waals surface area contributed by atoms with E-state index < -0.39 is 0 Å². The van der Waals surface area contributed by atoms with E-state index in [4.69, 9.17) is 4.74 Å². The Morgan fingerprint density at radius 3 is 2.95 bits per heavy atom. The zero-order valence-electron chi connectivity index (χ0n) is 12.1. The van der Waals surface area contributed by atoms with Crippen LogP contribution in [0.4, 0.5) is 0 Å². The van der Waals surface area contributed by atoms with Crippen molar-refractivity contribution in [2.24, 2.45) is 0 Å². The number of carbonyl (C=O) groups excluding carboxylic acids is 1. The molecule has 0 radical (unpaired) electrons. The number of hydrogen-bond acceptors (Lipinski definition) is 3. The summed E-state index contributed by atoms with van der Waals surface area (Å²) < 4.78 is 5.44. The van der Waals surface area contributed by atoms with Gasteiger partial charge in [-0.15, -0.1) is 0 Å². The summed E-state index contributed by atoms with van der Waals surface area (Å²) in [6.07, 6.45) is 3.02. The van der Waals surface area contributed by atoms with Crippen molar-refractivity contribution >= 4 is 5.91 Å². The topological polar surface area (TPSA) is 50.4 Å². The van der Waals surface area contributed by atoms with E-state index in [2.05, 4.69) is 23.6 Å². The largest absolute Gasteiger partial charge is 0.496 e. The van der Waals surface area contributed by atoms with Gasteiger partial charge in [-0.25, -0.2) is 0 Å². The summed E-state index contributed by atoms with van der Waals surface area (Å²) in [5.74, 6) is 1.05. The molecule has 3 unspecified atom stereocenters. The second kappa shape index (κ2) is 5.09. The van der Waals surface area contributed by atoms with E-state index in [-0.39, 0.29) is 23.4 Å². The van der Waals surface area contributed by atoms with Crippen molar-refractivity contribution in [3.8, 4) is 5.75 Å². The highest BCUT2D eigenvalue weighted by atomic mass is 16.5. The summed E-state index contributed by atoms with van der Waals surface area (Å²) in [4.78, 5) is 12.2. The Labute approximate surface area is 119 Å². The Morgan fingerprint density at radius 1 is 1.45 bits per heavy atom. The number of nitrogens with one attached hydrogen (secondary N) is 2. The lowest BCUT2D eigenvalue weighted by Gasteiger charge is -2.17. The molecule has 2 N–H and O–H groups in total. The molecule has 1 aliphatic carbocycles. The fourth-order valence-electron chi connectivity index (χ4n) is 3.17. The van der Waals surface area contributed by atoms with Crippen LogP contribution in [0.2, 0.25) is 0 Å². The number of hydrogen-bond donors (Lipinski definition) is 2. The zero-order valence-corrected chi connectivity index (χ0v) is 12.1. The highest BCUT2D eigenvalue weighted by Crippen LogP contribution is 2.51. The highest BCUT2D eigenvalue weighted by molar-refractivity contribution is 5.83. The molecule has 4 nitrogen and oxygen atoms in total. The maximum Gasteiger partial charge on any atom is 0.237 e. The fraction of sp³-hybridized carbons (Fsp3) is 0.562. The molecule has 3 rings (SSSR count). The van der Waals surface area contributed by atoms with Gasteiger partial charge < -0.3 is 15.4 Å². The first-order chi connectivity index (χ1) is 9.65. The normalized spacial score (nSPS) is 31.9. The van der Waals surface area contributed by atoms with Crippen LogP contribution in [0.25, 0.3) is 0 Å². The van der Waals surface area contributed by atoms with Gasteiger partial charge in [0, 0.05) is 17.0 Å². The Kier molecular flexibility index (Phi) is 3.42. The van der Waals surface area contributed by atoms with Gasteiger partial charge in [-0.05, 0) is 31.9 Å². The highest BCUT2D eigenvalue weighted by Gasteiger charge is 2.53. The number of carbonyl (C=O) groups is 1. The monoisotopic (exact) mass is 274 g/mol. The summed E-state index contributed by atoms with van der Waals surface area (Å²) in [7, 11) is 1.70. The fourth-order valence-corrected chi connectivity index (χ4v) is 3.17. The molecule has 2 aliphatic rings. The first-order valence-corrected chi connectivity index (χ1v) is 7.32. The minimum absolute atomic E-state index is 0.000861. The van der Waals surface area contributed by atoms with Crippen molar-refractivity contribution in [2.45, 2.75) is 43.7 Å². The van der Waals surface area contributed by atoms with E-state index in [9.17, 15) is 4.79 Å². The molecule has 1 saturated heterocycles. The Balaban J connectivity index is 1.68. The first-order valence-electron chi connectivity index (χ1n) is 7.32. The van der Waals surface area contributed by atoms with E-state index in [0.717, 1.165) is 31.6 Å². The van der Waals surface area contributed by atoms with Crippen molar-refractivity contribution in [1.29, 1.82) is 0 Å². The number of ether oxygens (including phenoxy) is 1. The van der Waals surface area contributed by atoms with Gasteiger partial charge in [0.1, 0.15) is 5.75 Å². The molecule has 108 valence electrons. The average Bonchev–Trinajstić information content (AvgIpc) is 2.92. The van der Waals surface area contributed by atoms with Gasteiger partial charge >= 0.3 is 0 Å². The number of rotatable bonds is 4. The molecule has 0 spiro atoms. The van der Waals surface area contributed by atoms with Crippen LogP contribution >= 0.6 is 0 Å². The van der Waals surface area contributed by atoms with Crippen molar-refractivity contribution in [3.05, 3.63) is 29.8 Å². The maximum absolute atomic E-state index is 12.2. The minimum Gasteiger partial charge on any atom is -0.496 e. The molecule has 1 amide bonds. The molecule has 1 aromatic rings. The van der Waals surface area contributed by atoms with Crippen LogP contribution in [0.3, 0.4) is 0 Å². The number of methoxy groups -OCH3 is 1. The molecule has 1 aromatic carbocycles. The van der Waals surface area contributed by atoms with Gasteiger partial charge in [-0.3, -0.25) is 4.79 Å². The molecule has 4 heteroatoms. The van der Waals surface area contributed by atoms with Gasteiger partial charge in [0.2, 0.25) is 5.91 Å². The molecule has 1 saturated carbocycles. The summed E-state index contributed by atoms with van der Waals surface area (Å²) >= 11 is 0. The van der Waals surface area contributed by atoms with Crippen molar-refractivity contribution in [2.75, 3.05) is 13.7 Å². The summed E-state index contributed by atoms with van der Waals surface area (Å²) in [6.45, 7) is 3.14. The smallest absolute Gasteiger partial charge is 0.237 e. The average molecular weight is 274 g/mol. The van der Waals surface area contributed by atoms with Gasteiger partial charge in [-0.2, -0.15) is 0 Å². The third kappa shape index (κ3) is 2.29. The zero-order chi connectivity index (χ0) is 14.2.